The number of nitrogens with zero attached hydrogens (tertiary/aromatic N) is 2. The maximum atomic E-state index is 12.4. The van der Waals surface area contributed by atoms with E-state index in [0.29, 0.717) is 11.9 Å². The highest BCUT2D eigenvalue weighted by Crippen LogP contribution is 2.29. The molecule has 102 valence electrons. The van der Waals surface area contributed by atoms with Gasteiger partial charge < -0.3 is 4.90 Å². The van der Waals surface area contributed by atoms with Gasteiger partial charge in [-0.25, -0.2) is 0 Å². The molecular weight excluding hydrogens is 336 g/mol. The zero-order chi connectivity index (χ0) is 14.0. The Labute approximate surface area is 123 Å². The third kappa shape index (κ3) is 3.45. The van der Waals surface area contributed by atoms with Crippen LogP contribution >= 0.6 is 27.5 Å². The second-order valence-corrected chi connectivity index (χ2v) is 5.60. The lowest BCUT2D eigenvalue weighted by Gasteiger charge is -2.21. The first-order valence-corrected chi connectivity index (χ1v) is 7.35. The number of rotatable bonds is 5. The summed E-state index contributed by atoms with van der Waals surface area (Å²) in [7, 11) is 0. The fourth-order valence-electron chi connectivity index (χ4n) is 1.90. The molecule has 2 rings (SSSR count). The Hall–Kier alpha value is -1.14. The third-order valence-electron chi connectivity index (χ3n) is 2.91. The Morgan fingerprint density at radius 3 is 2.68 bits per heavy atom. The van der Waals surface area contributed by atoms with Gasteiger partial charge in [-0.15, -0.1) is 0 Å². The molecule has 1 aliphatic carbocycles. The van der Waals surface area contributed by atoms with E-state index in [1.54, 1.807) is 4.90 Å². The summed E-state index contributed by atoms with van der Waals surface area (Å²) in [5, 5.41) is 11.7. The molecule has 1 aliphatic rings. The first-order valence-electron chi connectivity index (χ1n) is 5.85. The van der Waals surface area contributed by atoms with E-state index in [2.05, 4.69) is 15.9 Å². The summed E-state index contributed by atoms with van der Waals surface area (Å²) in [6.07, 6.45) is 1.97. The Kier molecular flexibility index (Phi) is 4.42. The maximum absolute atomic E-state index is 12.4. The average Bonchev–Trinajstić information content (AvgIpc) is 3.18. The quantitative estimate of drug-likeness (QED) is 0.466. The van der Waals surface area contributed by atoms with Crippen molar-refractivity contribution in [1.29, 1.82) is 0 Å². The van der Waals surface area contributed by atoms with Crippen LogP contribution in [0.4, 0.5) is 5.69 Å². The molecule has 0 unspecified atom stereocenters. The molecule has 1 amide bonds. The van der Waals surface area contributed by atoms with E-state index in [9.17, 15) is 14.9 Å². The Balaban J connectivity index is 2.28. The van der Waals surface area contributed by atoms with Crippen LogP contribution in [0.3, 0.4) is 0 Å². The second kappa shape index (κ2) is 5.88. The minimum Gasteiger partial charge on any atom is -0.335 e. The van der Waals surface area contributed by atoms with Gasteiger partial charge in [0.1, 0.15) is 0 Å². The third-order valence-corrected chi connectivity index (χ3v) is 3.49. The largest absolute Gasteiger partial charge is 0.335 e. The van der Waals surface area contributed by atoms with Crippen LogP contribution in [0.5, 0.6) is 0 Å². The molecule has 0 aliphatic heterocycles. The summed E-state index contributed by atoms with van der Waals surface area (Å²) < 4.78 is 0. The smallest absolute Gasteiger partial charge is 0.271 e. The van der Waals surface area contributed by atoms with Gasteiger partial charge in [-0.05, 0) is 18.9 Å². The molecule has 0 spiro atoms. The molecule has 1 fully saturated rings. The van der Waals surface area contributed by atoms with Crippen molar-refractivity contribution in [1.82, 2.24) is 4.90 Å². The van der Waals surface area contributed by atoms with E-state index in [-0.39, 0.29) is 28.2 Å². The van der Waals surface area contributed by atoms with Gasteiger partial charge in [0.15, 0.2) is 0 Å². The topological polar surface area (TPSA) is 63.4 Å². The molecule has 7 heteroatoms. The SMILES string of the molecule is O=C(c1cc(Cl)cc([N+](=O)[O-])c1)N(CCBr)C1CC1. The lowest BCUT2D eigenvalue weighted by atomic mass is 10.1. The van der Waals surface area contributed by atoms with Crippen LogP contribution in [0.15, 0.2) is 18.2 Å². The molecular formula is C12H12BrClN2O3. The van der Waals surface area contributed by atoms with Crippen LogP contribution in [0.2, 0.25) is 5.02 Å². The molecule has 0 N–H and O–H groups in total. The Bertz CT molecular complexity index is 520. The van der Waals surface area contributed by atoms with Gasteiger partial charge >= 0.3 is 0 Å². The summed E-state index contributed by atoms with van der Waals surface area (Å²) in [6.45, 7) is 0.587. The van der Waals surface area contributed by atoms with Crippen molar-refractivity contribution in [2.24, 2.45) is 0 Å². The predicted molar refractivity (Wildman–Crippen MR) is 76.0 cm³/mol. The summed E-state index contributed by atoms with van der Waals surface area (Å²) in [4.78, 5) is 24.3. The highest BCUT2D eigenvalue weighted by atomic mass is 79.9. The number of nitro benzene ring substituents is 1. The summed E-state index contributed by atoms with van der Waals surface area (Å²) in [5.41, 5.74) is 0.109. The van der Waals surface area contributed by atoms with Crippen molar-refractivity contribution < 1.29 is 9.72 Å². The molecule has 0 aromatic heterocycles. The van der Waals surface area contributed by atoms with Gasteiger partial charge in [-0.3, -0.25) is 14.9 Å². The predicted octanol–water partition coefficient (Wildman–Crippen LogP) is 3.25. The molecule has 0 bridgehead atoms. The molecule has 5 nitrogen and oxygen atoms in total. The van der Waals surface area contributed by atoms with Crippen LogP contribution in [0.25, 0.3) is 0 Å². The fraction of sp³-hybridized carbons (Fsp3) is 0.417. The van der Waals surface area contributed by atoms with Crippen molar-refractivity contribution in [2.45, 2.75) is 18.9 Å². The van der Waals surface area contributed by atoms with Gasteiger partial charge in [0.2, 0.25) is 0 Å². The van der Waals surface area contributed by atoms with Crippen LogP contribution in [-0.4, -0.2) is 33.6 Å². The van der Waals surface area contributed by atoms with Crippen molar-refractivity contribution in [3.05, 3.63) is 38.9 Å². The summed E-state index contributed by atoms with van der Waals surface area (Å²) in [5.74, 6) is -0.201. The van der Waals surface area contributed by atoms with Crippen LogP contribution in [0.1, 0.15) is 23.2 Å². The monoisotopic (exact) mass is 346 g/mol. The number of nitro groups is 1. The van der Waals surface area contributed by atoms with E-state index in [4.69, 9.17) is 11.6 Å². The zero-order valence-electron chi connectivity index (χ0n) is 10.0. The van der Waals surface area contributed by atoms with Crippen LogP contribution < -0.4 is 0 Å². The Morgan fingerprint density at radius 2 is 2.16 bits per heavy atom. The van der Waals surface area contributed by atoms with Crippen LogP contribution in [-0.2, 0) is 0 Å². The number of halogens is 2. The normalized spacial score (nSPS) is 14.2. The lowest BCUT2D eigenvalue weighted by molar-refractivity contribution is -0.384. The first-order chi connectivity index (χ1) is 9.02. The van der Waals surface area contributed by atoms with E-state index >= 15 is 0 Å². The van der Waals surface area contributed by atoms with Crippen molar-refractivity contribution in [2.75, 3.05) is 11.9 Å². The van der Waals surface area contributed by atoms with Gasteiger partial charge in [0, 0.05) is 40.6 Å². The fourth-order valence-corrected chi connectivity index (χ4v) is 2.51. The molecule has 0 radical (unpaired) electrons. The number of carbonyl (C=O) groups excluding carboxylic acids is 1. The number of hydrogen-bond donors (Lipinski definition) is 0. The highest BCUT2D eigenvalue weighted by Gasteiger charge is 2.33. The minimum atomic E-state index is -0.547. The summed E-state index contributed by atoms with van der Waals surface area (Å²) >= 11 is 9.14. The average molecular weight is 348 g/mol. The standard InChI is InChI=1S/C12H12BrClN2O3/c13-3-4-15(10-1-2-10)12(17)8-5-9(14)7-11(6-8)16(18)19/h5-7,10H,1-4H2. The van der Waals surface area contributed by atoms with Gasteiger partial charge in [-0.1, -0.05) is 27.5 Å². The number of hydrogen-bond acceptors (Lipinski definition) is 3. The van der Waals surface area contributed by atoms with Gasteiger partial charge in [0.25, 0.3) is 11.6 Å². The number of benzene rings is 1. The molecule has 1 aromatic carbocycles. The first kappa shape index (κ1) is 14.3. The minimum absolute atomic E-state index is 0.162. The van der Waals surface area contributed by atoms with Crippen LogP contribution in [0, 0.1) is 10.1 Å². The second-order valence-electron chi connectivity index (χ2n) is 4.37. The molecule has 0 atom stereocenters. The molecule has 0 heterocycles. The van der Waals surface area contributed by atoms with Crippen molar-refractivity contribution >= 4 is 39.1 Å². The van der Waals surface area contributed by atoms with Crippen molar-refractivity contribution in [3.8, 4) is 0 Å². The number of amides is 1. The lowest BCUT2D eigenvalue weighted by Crippen LogP contribution is -2.34. The van der Waals surface area contributed by atoms with Gasteiger partial charge in [0.05, 0.1) is 4.92 Å². The number of carbonyl (C=O) groups is 1. The molecule has 0 saturated heterocycles. The molecule has 1 aromatic rings. The van der Waals surface area contributed by atoms with E-state index in [1.807, 2.05) is 0 Å². The zero-order valence-corrected chi connectivity index (χ0v) is 12.4. The van der Waals surface area contributed by atoms with E-state index in [0.717, 1.165) is 12.8 Å². The van der Waals surface area contributed by atoms with E-state index in [1.165, 1.54) is 18.2 Å². The van der Waals surface area contributed by atoms with Crippen molar-refractivity contribution in [3.63, 3.8) is 0 Å². The number of non-ortho nitro benzene ring substituents is 1. The molecule has 1 saturated carbocycles. The summed E-state index contributed by atoms with van der Waals surface area (Å²) in [6, 6.07) is 4.24. The van der Waals surface area contributed by atoms with E-state index < -0.39 is 4.92 Å². The number of alkyl halides is 1. The highest BCUT2D eigenvalue weighted by molar-refractivity contribution is 9.09. The maximum Gasteiger partial charge on any atom is 0.271 e. The Morgan fingerprint density at radius 1 is 1.47 bits per heavy atom. The molecule has 19 heavy (non-hydrogen) atoms. The van der Waals surface area contributed by atoms with Gasteiger partial charge in [-0.2, -0.15) is 0 Å².